The van der Waals surface area contributed by atoms with Gasteiger partial charge in [0.1, 0.15) is 11.5 Å². The molecular weight excluding hydrogens is 338 g/mol. The zero-order valence-electron chi connectivity index (χ0n) is 17.3. The first-order valence-electron chi connectivity index (χ1n) is 9.66. The van der Waals surface area contributed by atoms with E-state index >= 15 is 0 Å². The summed E-state index contributed by atoms with van der Waals surface area (Å²) in [5.74, 6) is 1.42. The van der Waals surface area contributed by atoms with Crippen LogP contribution in [0, 0.1) is 0 Å². The number of rotatable bonds is 7. The lowest BCUT2D eigenvalue weighted by molar-refractivity contribution is -0.121. The average Bonchev–Trinajstić information content (AvgIpc) is 2.64. The third-order valence-corrected chi connectivity index (χ3v) is 4.18. The van der Waals surface area contributed by atoms with Gasteiger partial charge in [0.2, 0.25) is 5.91 Å². The lowest BCUT2D eigenvalue weighted by Crippen LogP contribution is -2.46. The minimum atomic E-state index is -0.260. The highest BCUT2D eigenvalue weighted by Gasteiger charge is 2.21. The molecule has 0 aliphatic heterocycles. The summed E-state index contributed by atoms with van der Waals surface area (Å²) in [6.07, 6.45) is 3.37. The first-order chi connectivity index (χ1) is 12.8. The standard InChI is InChI=1S/C21H31N5O/c1-7-15-16(8-2)23-19(17-12-10-11-13-22-17)24-20(15)26(9-3)14-18(27)25-21(4,5)6/h10-13H,7-9,14H2,1-6H3,(H,25,27). The van der Waals surface area contributed by atoms with Crippen LogP contribution in [0.25, 0.3) is 11.5 Å². The van der Waals surface area contributed by atoms with Gasteiger partial charge in [0.05, 0.1) is 6.54 Å². The molecule has 6 nitrogen and oxygen atoms in total. The molecule has 146 valence electrons. The van der Waals surface area contributed by atoms with Gasteiger partial charge in [0, 0.05) is 29.5 Å². The second-order valence-electron chi connectivity index (χ2n) is 7.53. The molecule has 6 heteroatoms. The molecule has 0 bridgehead atoms. The summed E-state index contributed by atoms with van der Waals surface area (Å²) in [5, 5.41) is 3.03. The molecule has 0 radical (unpaired) electrons. The number of nitrogens with zero attached hydrogens (tertiary/aromatic N) is 4. The Hall–Kier alpha value is -2.50. The molecule has 0 saturated carbocycles. The number of aromatic nitrogens is 3. The van der Waals surface area contributed by atoms with E-state index < -0.39 is 0 Å². The maximum absolute atomic E-state index is 12.5. The van der Waals surface area contributed by atoms with Crippen LogP contribution in [0.2, 0.25) is 0 Å². The summed E-state index contributed by atoms with van der Waals surface area (Å²) < 4.78 is 0. The van der Waals surface area contributed by atoms with Gasteiger partial charge >= 0.3 is 0 Å². The van der Waals surface area contributed by atoms with Gasteiger partial charge in [-0.05, 0) is 52.7 Å². The normalized spacial score (nSPS) is 11.3. The molecule has 0 aliphatic rings. The maximum atomic E-state index is 12.5. The van der Waals surface area contributed by atoms with Crippen LogP contribution in [0.15, 0.2) is 24.4 Å². The first-order valence-corrected chi connectivity index (χ1v) is 9.66. The number of carbonyl (C=O) groups excluding carboxylic acids is 1. The minimum absolute atomic E-state index is 0.0116. The fourth-order valence-electron chi connectivity index (χ4n) is 3.01. The number of likely N-dealkylation sites (N-methyl/N-ethyl adjacent to an activating group) is 1. The van der Waals surface area contributed by atoms with Crippen LogP contribution in [0.1, 0.15) is 52.8 Å². The predicted octanol–water partition coefficient (Wildman–Crippen LogP) is 3.40. The minimum Gasteiger partial charge on any atom is -0.350 e. The van der Waals surface area contributed by atoms with Crippen molar-refractivity contribution < 1.29 is 4.79 Å². The molecule has 0 atom stereocenters. The Morgan fingerprint density at radius 1 is 1.11 bits per heavy atom. The Balaban J connectivity index is 2.46. The van der Waals surface area contributed by atoms with Gasteiger partial charge in [-0.15, -0.1) is 0 Å². The number of anilines is 1. The number of amides is 1. The molecule has 2 aromatic rings. The number of hydrogen-bond acceptors (Lipinski definition) is 5. The number of hydrogen-bond donors (Lipinski definition) is 1. The third kappa shape index (κ3) is 5.49. The second kappa shape index (κ2) is 8.93. The zero-order chi connectivity index (χ0) is 20.0. The molecule has 2 rings (SSSR count). The van der Waals surface area contributed by atoms with E-state index in [9.17, 15) is 4.79 Å². The molecule has 2 heterocycles. The van der Waals surface area contributed by atoms with Crippen LogP contribution in [-0.2, 0) is 17.6 Å². The van der Waals surface area contributed by atoms with Crippen molar-refractivity contribution in [2.45, 2.75) is 59.9 Å². The number of pyridine rings is 1. The smallest absolute Gasteiger partial charge is 0.239 e. The Morgan fingerprint density at radius 2 is 1.85 bits per heavy atom. The van der Waals surface area contributed by atoms with E-state index in [1.807, 2.05) is 50.8 Å². The van der Waals surface area contributed by atoms with Crippen LogP contribution in [0.5, 0.6) is 0 Å². The molecular formula is C21H31N5O. The van der Waals surface area contributed by atoms with Crippen LogP contribution < -0.4 is 10.2 Å². The van der Waals surface area contributed by atoms with Gasteiger partial charge in [0.25, 0.3) is 0 Å². The molecule has 1 N–H and O–H groups in total. The summed E-state index contributed by atoms with van der Waals surface area (Å²) in [6.45, 7) is 13.1. The molecule has 0 saturated heterocycles. The first kappa shape index (κ1) is 20.8. The molecule has 0 spiro atoms. The predicted molar refractivity (Wildman–Crippen MR) is 110 cm³/mol. The fraction of sp³-hybridized carbons (Fsp3) is 0.524. The maximum Gasteiger partial charge on any atom is 0.239 e. The van der Waals surface area contributed by atoms with E-state index in [4.69, 9.17) is 9.97 Å². The van der Waals surface area contributed by atoms with Gasteiger partial charge in [-0.1, -0.05) is 19.9 Å². The van der Waals surface area contributed by atoms with E-state index in [2.05, 4.69) is 24.1 Å². The van der Waals surface area contributed by atoms with Crippen LogP contribution in [0.3, 0.4) is 0 Å². The molecule has 1 amide bonds. The SMILES string of the molecule is CCc1nc(-c2ccccn2)nc(N(CC)CC(=O)NC(C)(C)C)c1CC. The topological polar surface area (TPSA) is 71.0 Å². The van der Waals surface area contributed by atoms with Crippen molar-refractivity contribution in [3.05, 3.63) is 35.7 Å². The summed E-state index contributed by atoms with van der Waals surface area (Å²) in [5.41, 5.74) is 2.59. The van der Waals surface area contributed by atoms with Crippen LogP contribution in [0.4, 0.5) is 5.82 Å². The zero-order valence-corrected chi connectivity index (χ0v) is 17.3. The molecule has 2 aromatic heterocycles. The van der Waals surface area contributed by atoms with E-state index in [0.29, 0.717) is 12.4 Å². The van der Waals surface area contributed by atoms with E-state index in [1.165, 1.54) is 0 Å². The lowest BCUT2D eigenvalue weighted by Gasteiger charge is -2.27. The van der Waals surface area contributed by atoms with Crippen molar-refractivity contribution in [2.75, 3.05) is 18.0 Å². The highest BCUT2D eigenvalue weighted by Crippen LogP contribution is 2.25. The van der Waals surface area contributed by atoms with Crippen molar-refractivity contribution >= 4 is 11.7 Å². The Morgan fingerprint density at radius 3 is 2.37 bits per heavy atom. The van der Waals surface area contributed by atoms with Crippen molar-refractivity contribution in [1.29, 1.82) is 0 Å². The summed E-state index contributed by atoms with van der Waals surface area (Å²) >= 11 is 0. The fourth-order valence-corrected chi connectivity index (χ4v) is 3.01. The number of nitrogens with one attached hydrogen (secondary N) is 1. The summed E-state index contributed by atoms with van der Waals surface area (Å²) in [4.78, 5) is 28.5. The van der Waals surface area contributed by atoms with Crippen LogP contribution >= 0.6 is 0 Å². The number of aryl methyl sites for hydroxylation is 1. The monoisotopic (exact) mass is 369 g/mol. The second-order valence-corrected chi connectivity index (χ2v) is 7.53. The highest BCUT2D eigenvalue weighted by molar-refractivity contribution is 5.82. The Labute approximate surface area is 162 Å². The molecule has 0 fully saturated rings. The Bertz CT molecular complexity index is 768. The Kier molecular flexibility index (Phi) is 6.88. The van der Waals surface area contributed by atoms with Crippen molar-refractivity contribution in [3.8, 4) is 11.5 Å². The van der Waals surface area contributed by atoms with Gasteiger partial charge < -0.3 is 10.2 Å². The van der Waals surface area contributed by atoms with E-state index in [1.54, 1.807) is 6.20 Å². The quantitative estimate of drug-likeness (QED) is 0.810. The summed E-state index contributed by atoms with van der Waals surface area (Å²) in [6, 6.07) is 5.71. The molecule has 0 aliphatic carbocycles. The largest absolute Gasteiger partial charge is 0.350 e. The van der Waals surface area contributed by atoms with Gasteiger partial charge in [-0.25, -0.2) is 9.97 Å². The van der Waals surface area contributed by atoms with Gasteiger partial charge in [0.15, 0.2) is 5.82 Å². The molecule has 0 unspecified atom stereocenters. The van der Waals surface area contributed by atoms with Crippen molar-refractivity contribution in [1.82, 2.24) is 20.3 Å². The van der Waals surface area contributed by atoms with Gasteiger partial charge in [-0.3, -0.25) is 9.78 Å². The van der Waals surface area contributed by atoms with Crippen LogP contribution in [-0.4, -0.2) is 39.5 Å². The molecule has 27 heavy (non-hydrogen) atoms. The van der Waals surface area contributed by atoms with Gasteiger partial charge in [-0.2, -0.15) is 0 Å². The lowest BCUT2D eigenvalue weighted by atomic mass is 10.1. The van der Waals surface area contributed by atoms with E-state index in [-0.39, 0.29) is 18.0 Å². The molecule has 0 aromatic carbocycles. The summed E-state index contributed by atoms with van der Waals surface area (Å²) in [7, 11) is 0. The number of carbonyl (C=O) groups is 1. The third-order valence-electron chi connectivity index (χ3n) is 4.18. The van der Waals surface area contributed by atoms with Crippen molar-refractivity contribution in [2.24, 2.45) is 0 Å². The van der Waals surface area contributed by atoms with E-state index in [0.717, 1.165) is 35.6 Å². The average molecular weight is 370 g/mol. The highest BCUT2D eigenvalue weighted by atomic mass is 16.2. The van der Waals surface area contributed by atoms with Crippen molar-refractivity contribution in [3.63, 3.8) is 0 Å².